The minimum atomic E-state index is -4.63. The molecule has 7 heteroatoms. The zero-order chi connectivity index (χ0) is 14.2. The smallest absolute Gasteiger partial charge is 0.218 e. The highest BCUT2D eigenvalue weighted by atomic mass is 35.5. The zero-order valence-electron chi connectivity index (χ0n) is 9.59. The van der Waals surface area contributed by atoms with Gasteiger partial charge in [0.05, 0.1) is 5.69 Å². The second-order valence-electron chi connectivity index (χ2n) is 3.87. The van der Waals surface area contributed by atoms with Gasteiger partial charge in [-0.25, -0.2) is 14.4 Å². The van der Waals surface area contributed by atoms with Crippen LogP contribution in [-0.4, -0.2) is 9.97 Å². The molecule has 1 aromatic carbocycles. The van der Waals surface area contributed by atoms with Crippen molar-refractivity contribution >= 4 is 11.6 Å². The van der Waals surface area contributed by atoms with Crippen molar-refractivity contribution in [2.75, 3.05) is 0 Å². The number of hydrogen-bond donors (Lipinski definition) is 0. The molecule has 0 saturated carbocycles. The Morgan fingerprint density at radius 3 is 2.37 bits per heavy atom. The van der Waals surface area contributed by atoms with Crippen LogP contribution in [0.5, 0.6) is 0 Å². The molecule has 0 aliphatic heterocycles. The molecule has 0 fully saturated rings. The van der Waals surface area contributed by atoms with Gasteiger partial charge in [0, 0.05) is 5.56 Å². The zero-order valence-corrected chi connectivity index (χ0v) is 10.3. The lowest BCUT2D eigenvalue weighted by Gasteiger charge is -2.08. The summed E-state index contributed by atoms with van der Waals surface area (Å²) < 4.78 is 51.2. The first-order chi connectivity index (χ1) is 8.77. The van der Waals surface area contributed by atoms with Gasteiger partial charge in [-0.2, -0.15) is 13.2 Å². The van der Waals surface area contributed by atoms with Crippen molar-refractivity contribution in [2.24, 2.45) is 0 Å². The molecule has 100 valence electrons. The predicted octanol–water partition coefficient (Wildman–Crippen LogP) is 4.26. The summed E-state index contributed by atoms with van der Waals surface area (Å²) in [6.07, 6.45) is -4.63. The summed E-state index contributed by atoms with van der Waals surface area (Å²) in [5, 5.41) is -0.536. The highest BCUT2D eigenvalue weighted by Gasteiger charge is 2.33. The lowest BCUT2D eigenvalue weighted by molar-refractivity contribution is -0.141. The Bertz CT molecular complexity index is 626. The Hall–Kier alpha value is -1.69. The molecule has 0 aliphatic carbocycles. The largest absolute Gasteiger partial charge is 0.433 e. The summed E-state index contributed by atoms with van der Waals surface area (Å²) in [6, 6.07) is 4.76. The molecular formula is C12H7ClF4N2. The van der Waals surface area contributed by atoms with E-state index in [0.717, 1.165) is 12.1 Å². The van der Waals surface area contributed by atoms with E-state index in [1.165, 1.54) is 12.1 Å². The molecule has 2 rings (SSSR count). The minimum absolute atomic E-state index is 0.0776. The highest BCUT2D eigenvalue weighted by molar-refractivity contribution is 6.28. The maximum atomic E-state index is 13.4. The van der Waals surface area contributed by atoms with Gasteiger partial charge in [0.25, 0.3) is 0 Å². The standard InChI is InChI=1S/C12H7ClF4N2/c1-6-2-3-7(4-8(6)14)9-5-10(12(15,16)17)19-11(13)18-9/h2-5H,1H3. The summed E-state index contributed by atoms with van der Waals surface area (Å²) in [6.45, 7) is 1.55. The predicted molar refractivity (Wildman–Crippen MR) is 62.2 cm³/mol. The lowest BCUT2D eigenvalue weighted by atomic mass is 10.1. The van der Waals surface area contributed by atoms with Crippen molar-refractivity contribution in [3.63, 3.8) is 0 Å². The fourth-order valence-electron chi connectivity index (χ4n) is 1.46. The molecule has 2 aromatic rings. The molecular weight excluding hydrogens is 284 g/mol. The fraction of sp³-hybridized carbons (Fsp3) is 0.167. The third-order valence-corrected chi connectivity index (χ3v) is 2.63. The second kappa shape index (κ2) is 4.77. The van der Waals surface area contributed by atoms with Crippen LogP contribution >= 0.6 is 11.6 Å². The second-order valence-corrected chi connectivity index (χ2v) is 4.21. The van der Waals surface area contributed by atoms with E-state index in [1.54, 1.807) is 6.92 Å². The van der Waals surface area contributed by atoms with E-state index in [2.05, 4.69) is 9.97 Å². The van der Waals surface area contributed by atoms with Crippen molar-refractivity contribution < 1.29 is 17.6 Å². The average Bonchev–Trinajstić information content (AvgIpc) is 2.31. The van der Waals surface area contributed by atoms with Gasteiger partial charge >= 0.3 is 6.18 Å². The quantitative estimate of drug-likeness (QED) is 0.579. The lowest BCUT2D eigenvalue weighted by Crippen LogP contribution is -2.09. The van der Waals surface area contributed by atoms with Crippen LogP contribution in [0.1, 0.15) is 11.3 Å². The van der Waals surface area contributed by atoms with Crippen LogP contribution in [0, 0.1) is 12.7 Å². The number of aromatic nitrogens is 2. The van der Waals surface area contributed by atoms with E-state index in [9.17, 15) is 17.6 Å². The first-order valence-corrected chi connectivity index (χ1v) is 5.53. The van der Waals surface area contributed by atoms with Crippen molar-refractivity contribution in [2.45, 2.75) is 13.1 Å². The molecule has 0 unspecified atom stereocenters. The third kappa shape index (κ3) is 3.01. The Kier molecular flexibility index (Phi) is 3.45. The molecule has 0 amide bonds. The number of benzene rings is 1. The van der Waals surface area contributed by atoms with Crippen molar-refractivity contribution in [3.05, 3.63) is 46.6 Å². The molecule has 0 N–H and O–H groups in total. The maximum absolute atomic E-state index is 13.4. The molecule has 1 heterocycles. The van der Waals surface area contributed by atoms with Crippen molar-refractivity contribution in [1.29, 1.82) is 0 Å². The summed E-state index contributed by atoms with van der Waals surface area (Å²) in [5.74, 6) is -0.527. The van der Waals surface area contributed by atoms with Crippen LogP contribution < -0.4 is 0 Å². The normalized spacial score (nSPS) is 11.7. The van der Waals surface area contributed by atoms with Crippen LogP contribution in [0.25, 0.3) is 11.3 Å². The van der Waals surface area contributed by atoms with E-state index in [1.807, 2.05) is 0 Å². The molecule has 0 saturated heterocycles. The van der Waals surface area contributed by atoms with E-state index >= 15 is 0 Å². The molecule has 19 heavy (non-hydrogen) atoms. The molecule has 0 spiro atoms. The number of hydrogen-bond acceptors (Lipinski definition) is 2. The summed E-state index contributed by atoms with van der Waals surface area (Å²) in [5.41, 5.74) is -0.646. The first kappa shape index (κ1) is 13.7. The van der Waals surface area contributed by atoms with E-state index in [0.29, 0.717) is 5.56 Å². The van der Waals surface area contributed by atoms with Crippen LogP contribution in [-0.2, 0) is 6.18 Å². The molecule has 2 nitrogen and oxygen atoms in total. The van der Waals surface area contributed by atoms with Crippen LogP contribution in [0.4, 0.5) is 17.6 Å². The average molecular weight is 291 g/mol. The van der Waals surface area contributed by atoms with Crippen molar-refractivity contribution in [1.82, 2.24) is 9.97 Å². The van der Waals surface area contributed by atoms with Crippen molar-refractivity contribution in [3.8, 4) is 11.3 Å². The Balaban J connectivity index is 2.56. The number of rotatable bonds is 1. The minimum Gasteiger partial charge on any atom is -0.218 e. The molecule has 0 radical (unpaired) electrons. The third-order valence-electron chi connectivity index (χ3n) is 2.46. The fourth-order valence-corrected chi connectivity index (χ4v) is 1.65. The molecule has 0 atom stereocenters. The number of aryl methyl sites for hydroxylation is 1. The van der Waals surface area contributed by atoms with Gasteiger partial charge in [-0.15, -0.1) is 0 Å². The SMILES string of the molecule is Cc1ccc(-c2cc(C(F)(F)F)nc(Cl)n2)cc1F. The number of alkyl halides is 3. The summed E-state index contributed by atoms with van der Waals surface area (Å²) >= 11 is 5.46. The topological polar surface area (TPSA) is 25.8 Å². The van der Waals surface area contributed by atoms with Crippen LogP contribution in [0.15, 0.2) is 24.3 Å². The Morgan fingerprint density at radius 2 is 1.79 bits per heavy atom. The van der Waals surface area contributed by atoms with Gasteiger partial charge < -0.3 is 0 Å². The van der Waals surface area contributed by atoms with Gasteiger partial charge in [0.15, 0.2) is 0 Å². The maximum Gasteiger partial charge on any atom is 0.433 e. The van der Waals surface area contributed by atoms with Gasteiger partial charge in [-0.1, -0.05) is 12.1 Å². The van der Waals surface area contributed by atoms with E-state index in [-0.39, 0.29) is 11.3 Å². The Morgan fingerprint density at radius 1 is 1.11 bits per heavy atom. The van der Waals surface area contributed by atoms with Gasteiger partial charge in [0.2, 0.25) is 5.28 Å². The summed E-state index contributed by atoms with van der Waals surface area (Å²) in [4.78, 5) is 6.78. The summed E-state index contributed by atoms with van der Waals surface area (Å²) in [7, 11) is 0. The van der Waals surface area contributed by atoms with Gasteiger partial charge in [-0.3, -0.25) is 0 Å². The highest BCUT2D eigenvalue weighted by Crippen LogP contribution is 2.31. The van der Waals surface area contributed by atoms with Gasteiger partial charge in [-0.05, 0) is 36.2 Å². The molecule has 0 bridgehead atoms. The first-order valence-electron chi connectivity index (χ1n) is 5.15. The molecule has 0 aliphatic rings. The monoisotopic (exact) mass is 290 g/mol. The van der Waals surface area contributed by atoms with E-state index < -0.39 is 23.0 Å². The van der Waals surface area contributed by atoms with Crippen LogP contribution in [0.3, 0.4) is 0 Å². The van der Waals surface area contributed by atoms with Gasteiger partial charge in [0.1, 0.15) is 11.5 Å². The number of nitrogens with zero attached hydrogens (tertiary/aromatic N) is 2. The number of halogens is 5. The van der Waals surface area contributed by atoms with Crippen LogP contribution in [0.2, 0.25) is 5.28 Å². The Labute approximate surface area is 111 Å². The van der Waals surface area contributed by atoms with E-state index in [4.69, 9.17) is 11.6 Å². The molecule has 1 aromatic heterocycles.